The van der Waals surface area contributed by atoms with Crippen molar-refractivity contribution in [2.75, 3.05) is 13.2 Å². The SMILES string of the molecule is Cc1nc(-c2ccc(Cc3cc(C(=O)NC4CCOCC4)ncc3C)cc2)co1. The van der Waals surface area contributed by atoms with Crippen molar-refractivity contribution in [2.45, 2.75) is 39.2 Å². The quantitative estimate of drug-likeness (QED) is 0.715. The molecule has 0 spiro atoms. The number of aryl methyl sites for hydroxylation is 2. The van der Waals surface area contributed by atoms with Crippen LogP contribution in [-0.4, -0.2) is 35.1 Å². The van der Waals surface area contributed by atoms with Gasteiger partial charge in [0.15, 0.2) is 5.89 Å². The van der Waals surface area contributed by atoms with E-state index < -0.39 is 0 Å². The van der Waals surface area contributed by atoms with Gasteiger partial charge in [0.25, 0.3) is 5.91 Å². The number of aromatic nitrogens is 2. The van der Waals surface area contributed by atoms with E-state index in [4.69, 9.17) is 9.15 Å². The lowest BCUT2D eigenvalue weighted by atomic mass is 9.99. The van der Waals surface area contributed by atoms with Gasteiger partial charge in [-0.2, -0.15) is 0 Å². The molecule has 0 saturated carbocycles. The fourth-order valence-electron chi connectivity index (χ4n) is 3.49. The number of carbonyl (C=O) groups is 1. The first kappa shape index (κ1) is 19.3. The molecule has 6 nitrogen and oxygen atoms in total. The highest BCUT2D eigenvalue weighted by Crippen LogP contribution is 2.21. The first-order valence-corrected chi connectivity index (χ1v) is 9.94. The van der Waals surface area contributed by atoms with Crippen LogP contribution >= 0.6 is 0 Å². The molecule has 6 heteroatoms. The van der Waals surface area contributed by atoms with Crippen LogP contribution in [0.4, 0.5) is 0 Å². The zero-order valence-electron chi connectivity index (χ0n) is 16.8. The Morgan fingerprint density at radius 3 is 2.62 bits per heavy atom. The maximum Gasteiger partial charge on any atom is 0.270 e. The fourth-order valence-corrected chi connectivity index (χ4v) is 3.49. The molecule has 3 aromatic rings. The van der Waals surface area contributed by atoms with Crippen LogP contribution in [0.1, 0.15) is 45.9 Å². The van der Waals surface area contributed by atoms with Crippen LogP contribution in [0.15, 0.2) is 47.2 Å². The molecule has 1 aromatic carbocycles. The van der Waals surface area contributed by atoms with E-state index in [0.29, 0.717) is 24.8 Å². The van der Waals surface area contributed by atoms with Crippen LogP contribution in [0.2, 0.25) is 0 Å². The summed E-state index contributed by atoms with van der Waals surface area (Å²) in [6.45, 7) is 5.25. The van der Waals surface area contributed by atoms with Crippen molar-refractivity contribution in [1.29, 1.82) is 0 Å². The van der Waals surface area contributed by atoms with Gasteiger partial charge in [0, 0.05) is 37.9 Å². The Balaban J connectivity index is 1.46. The molecule has 0 aliphatic carbocycles. The van der Waals surface area contributed by atoms with Crippen LogP contribution in [0, 0.1) is 13.8 Å². The van der Waals surface area contributed by atoms with Crippen molar-refractivity contribution >= 4 is 5.91 Å². The van der Waals surface area contributed by atoms with E-state index in [9.17, 15) is 4.79 Å². The van der Waals surface area contributed by atoms with Gasteiger partial charge in [-0.3, -0.25) is 9.78 Å². The predicted octanol–water partition coefficient (Wildman–Crippen LogP) is 3.85. The zero-order chi connectivity index (χ0) is 20.2. The summed E-state index contributed by atoms with van der Waals surface area (Å²) in [5.41, 5.74) is 5.66. The number of oxazole rings is 1. The monoisotopic (exact) mass is 391 g/mol. The van der Waals surface area contributed by atoms with Crippen LogP contribution < -0.4 is 5.32 Å². The Kier molecular flexibility index (Phi) is 5.71. The zero-order valence-corrected chi connectivity index (χ0v) is 16.8. The molecule has 0 atom stereocenters. The Bertz CT molecular complexity index is 989. The van der Waals surface area contributed by atoms with Gasteiger partial charge in [-0.1, -0.05) is 24.3 Å². The number of hydrogen-bond donors (Lipinski definition) is 1. The third-order valence-corrected chi connectivity index (χ3v) is 5.27. The van der Waals surface area contributed by atoms with E-state index in [0.717, 1.165) is 41.6 Å². The van der Waals surface area contributed by atoms with Crippen molar-refractivity contribution in [2.24, 2.45) is 0 Å². The molecule has 1 aliphatic rings. The smallest absolute Gasteiger partial charge is 0.270 e. The Morgan fingerprint density at radius 2 is 1.93 bits per heavy atom. The van der Waals surface area contributed by atoms with E-state index in [1.165, 1.54) is 5.56 Å². The third-order valence-electron chi connectivity index (χ3n) is 5.27. The summed E-state index contributed by atoms with van der Waals surface area (Å²) < 4.78 is 10.6. The molecule has 29 heavy (non-hydrogen) atoms. The normalized spacial score (nSPS) is 14.7. The number of carbonyl (C=O) groups excluding carboxylic acids is 1. The molecule has 0 radical (unpaired) electrons. The van der Waals surface area contributed by atoms with Crippen LogP contribution in [0.25, 0.3) is 11.3 Å². The van der Waals surface area contributed by atoms with E-state index in [-0.39, 0.29) is 11.9 Å². The molecule has 150 valence electrons. The molecule has 1 amide bonds. The summed E-state index contributed by atoms with van der Waals surface area (Å²) in [6.07, 6.45) is 5.88. The van der Waals surface area contributed by atoms with E-state index in [1.807, 2.05) is 32.0 Å². The average molecular weight is 391 g/mol. The van der Waals surface area contributed by atoms with Gasteiger partial charge in [0.1, 0.15) is 17.7 Å². The number of benzene rings is 1. The van der Waals surface area contributed by atoms with Gasteiger partial charge in [-0.05, 0) is 48.9 Å². The van der Waals surface area contributed by atoms with Gasteiger partial charge in [0.05, 0.1) is 0 Å². The number of ether oxygens (including phenoxy) is 1. The summed E-state index contributed by atoms with van der Waals surface area (Å²) in [5, 5.41) is 3.08. The molecular weight excluding hydrogens is 366 g/mol. The van der Waals surface area contributed by atoms with Crippen molar-refractivity contribution in [3.8, 4) is 11.3 Å². The van der Waals surface area contributed by atoms with Gasteiger partial charge in [-0.15, -0.1) is 0 Å². The number of amides is 1. The number of nitrogens with one attached hydrogen (secondary N) is 1. The predicted molar refractivity (Wildman–Crippen MR) is 110 cm³/mol. The first-order chi connectivity index (χ1) is 14.1. The minimum absolute atomic E-state index is 0.116. The minimum atomic E-state index is -0.116. The second kappa shape index (κ2) is 8.57. The summed E-state index contributed by atoms with van der Waals surface area (Å²) >= 11 is 0. The van der Waals surface area contributed by atoms with Crippen LogP contribution in [-0.2, 0) is 11.2 Å². The van der Waals surface area contributed by atoms with Crippen molar-refractivity contribution in [3.05, 3.63) is 71.1 Å². The molecule has 0 unspecified atom stereocenters. The number of nitrogens with zero attached hydrogens (tertiary/aromatic N) is 2. The van der Waals surface area contributed by atoms with E-state index in [1.54, 1.807) is 12.5 Å². The molecular formula is C23H25N3O3. The Morgan fingerprint density at radius 1 is 1.17 bits per heavy atom. The van der Waals surface area contributed by atoms with Crippen LogP contribution in [0.3, 0.4) is 0 Å². The summed E-state index contributed by atoms with van der Waals surface area (Å²) in [6, 6.07) is 10.3. The second-order valence-electron chi connectivity index (χ2n) is 7.48. The molecule has 2 aromatic heterocycles. The molecule has 1 fully saturated rings. The lowest BCUT2D eigenvalue weighted by Crippen LogP contribution is -2.39. The summed E-state index contributed by atoms with van der Waals surface area (Å²) in [5.74, 6) is 0.540. The Labute approximate surface area is 170 Å². The molecule has 1 aliphatic heterocycles. The molecule has 4 rings (SSSR count). The third kappa shape index (κ3) is 4.71. The number of hydrogen-bond acceptors (Lipinski definition) is 5. The van der Waals surface area contributed by atoms with Crippen molar-refractivity contribution in [1.82, 2.24) is 15.3 Å². The second-order valence-corrected chi connectivity index (χ2v) is 7.48. The van der Waals surface area contributed by atoms with Gasteiger partial charge >= 0.3 is 0 Å². The van der Waals surface area contributed by atoms with Gasteiger partial charge < -0.3 is 14.5 Å². The van der Waals surface area contributed by atoms with Crippen molar-refractivity contribution in [3.63, 3.8) is 0 Å². The summed E-state index contributed by atoms with van der Waals surface area (Å²) in [7, 11) is 0. The number of pyridine rings is 1. The standard InChI is InChI=1S/C23H25N3O3/c1-15-13-24-21(23(27)26-20-7-9-28-10-8-20)12-19(15)11-17-3-5-18(6-4-17)22-14-29-16(2)25-22/h3-6,12-14,20H,7-11H2,1-2H3,(H,26,27). The minimum Gasteiger partial charge on any atom is -0.449 e. The van der Waals surface area contributed by atoms with Gasteiger partial charge in [-0.25, -0.2) is 4.98 Å². The van der Waals surface area contributed by atoms with Gasteiger partial charge in [0.2, 0.25) is 0 Å². The highest BCUT2D eigenvalue weighted by molar-refractivity contribution is 5.92. The fraction of sp³-hybridized carbons (Fsp3) is 0.348. The van der Waals surface area contributed by atoms with Crippen molar-refractivity contribution < 1.29 is 13.9 Å². The maximum atomic E-state index is 12.6. The molecule has 1 N–H and O–H groups in total. The summed E-state index contributed by atoms with van der Waals surface area (Å²) in [4.78, 5) is 21.3. The largest absolute Gasteiger partial charge is 0.449 e. The lowest BCUT2D eigenvalue weighted by molar-refractivity contribution is 0.0694. The highest BCUT2D eigenvalue weighted by atomic mass is 16.5. The molecule has 1 saturated heterocycles. The number of rotatable bonds is 5. The Hall–Kier alpha value is -2.99. The molecule has 3 heterocycles. The highest BCUT2D eigenvalue weighted by Gasteiger charge is 2.18. The maximum absolute atomic E-state index is 12.6. The topological polar surface area (TPSA) is 77.2 Å². The lowest BCUT2D eigenvalue weighted by Gasteiger charge is -2.23. The first-order valence-electron chi connectivity index (χ1n) is 9.94. The van der Waals surface area contributed by atoms with E-state index in [2.05, 4.69) is 27.4 Å². The van der Waals surface area contributed by atoms with Crippen LogP contribution in [0.5, 0.6) is 0 Å². The van der Waals surface area contributed by atoms with E-state index >= 15 is 0 Å². The molecule has 0 bridgehead atoms. The average Bonchev–Trinajstić information content (AvgIpc) is 3.17.